The van der Waals surface area contributed by atoms with Gasteiger partial charge in [0.25, 0.3) is 5.91 Å². The minimum Gasteiger partial charge on any atom is -0.326 e. The number of hydrogen-bond donors (Lipinski definition) is 2. The van der Waals surface area contributed by atoms with Gasteiger partial charge in [0.2, 0.25) is 11.8 Å². The third-order valence-electron chi connectivity index (χ3n) is 5.49. The SMILES string of the molecule is Cc1ccc(C)n1NC(=O)c1cccc(NC(=O)[C@H]2CC(=O)N(c3cccc(Cl)c3)C2)c1. The molecule has 2 N–H and O–H groups in total. The summed E-state index contributed by atoms with van der Waals surface area (Å²) in [7, 11) is 0. The van der Waals surface area contributed by atoms with Gasteiger partial charge in [0, 0.05) is 46.3 Å². The third-order valence-corrected chi connectivity index (χ3v) is 5.73. The number of aromatic nitrogens is 1. The van der Waals surface area contributed by atoms with Crippen molar-refractivity contribution in [3.8, 4) is 0 Å². The molecule has 1 atom stereocenters. The van der Waals surface area contributed by atoms with E-state index in [0.29, 0.717) is 22.0 Å². The highest BCUT2D eigenvalue weighted by atomic mass is 35.5. The fourth-order valence-electron chi connectivity index (χ4n) is 3.77. The molecule has 3 amide bonds. The molecule has 1 aliphatic rings. The predicted octanol–water partition coefficient (Wildman–Crippen LogP) is 4.13. The molecule has 7 nitrogen and oxygen atoms in total. The molecule has 0 bridgehead atoms. The number of hydrogen-bond acceptors (Lipinski definition) is 3. The lowest BCUT2D eigenvalue weighted by atomic mass is 10.1. The summed E-state index contributed by atoms with van der Waals surface area (Å²) in [5.41, 5.74) is 6.26. The van der Waals surface area contributed by atoms with E-state index in [2.05, 4.69) is 10.7 Å². The van der Waals surface area contributed by atoms with Gasteiger partial charge in [-0.15, -0.1) is 0 Å². The van der Waals surface area contributed by atoms with Crippen molar-refractivity contribution in [3.05, 3.63) is 82.6 Å². The lowest BCUT2D eigenvalue weighted by Crippen LogP contribution is -2.28. The molecular weight excluding hydrogens is 428 g/mol. The molecule has 1 fully saturated rings. The standard InChI is InChI=1S/C24H23ClN4O3/c1-15-9-10-16(2)29(15)27-24(32)17-5-3-7-20(11-17)26-23(31)18-12-22(30)28(14-18)21-8-4-6-19(25)13-21/h3-11,13,18H,12,14H2,1-2H3,(H,26,31)(H,27,32)/t18-/m0/s1. The quantitative estimate of drug-likeness (QED) is 0.613. The fraction of sp³-hybridized carbons (Fsp3) is 0.208. The summed E-state index contributed by atoms with van der Waals surface area (Å²) in [4.78, 5) is 39.5. The van der Waals surface area contributed by atoms with Crippen molar-refractivity contribution in [2.75, 3.05) is 22.2 Å². The van der Waals surface area contributed by atoms with E-state index in [1.54, 1.807) is 58.1 Å². The topological polar surface area (TPSA) is 83.4 Å². The van der Waals surface area contributed by atoms with E-state index in [-0.39, 0.29) is 30.7 Å². The van der Waals surface area contributed by atoms with Crippen LogP contribution in [0.1, 0.15) is 28.2 Å². The van der Waals surface area contributed by atoms with Crippen molar-refractivity contribution in [1.29, 1.82) is 0 Å². The number of carbonyl (C=O) groups excluding carboxylic acids is 3. The number of aryl methyl sites for hydroxylation is 2. The third kappa shape index (κ3) is 4.53. The van der Waals surface area contributed by atoms with Gasteiger partial charge in [-0.25, -0.2) is 0 Å². The Kier molecular flexibility index (Phi) is 6.01. The van der Waals surface area contributed by atoms with E-state index < -0.39 is 5.92 Å². The van der Waals surface area contributed by atoms with Crippen LogP contribution in [0.4, 0.5) is 11.4 Å². The molecule has 8 heteroatoms. The van der Waals surface area contributed by atoms with Gasteiger partial charge in [-0.05, 0) is 62.4 Å². The van der Waals surface area contributed by atoms with Gasteiger partial charge in [-0.3, -0.25) is 24.5 Å². The Balaban J connectivity index is 1.43. The summed E-state index contributed by atoms with van der Waals surface area (Å²) >= 11 is 6.03. The van der Waals surface area contributed by atoms with E-state index in [1.165, 1.54) is 0 Å². The van der Waals surface area contributed by atoms with Gasteiger partial charge < -0.3 is 10.2 Å². The number of rotatable bonds is 5. The molecule has 1 saturated heterocycles. The Hall–Kier alpha value is -3.58. The fourth-order valence-corrected chi connectivity index (χ4v) is 3.95. The Bertz CT molecular complexity index is 1180. The predicted molar refractivity (Wildman–Crippen MR) is 125 cm³/mol. The van der Waals surface area contributed by atoms with Crippen LogP contribution in [0.2, 0.25) is 5.02 Å². The zero-order valence-corrected chi connectivity index (χ0v) is 18.5. The van der Waals surface area contributed by atoms with Crippen molar-refractivity contribution in [2.45, 2.75) is 20.3 Å². The van der Waals surface area contributed by atoms with Gasteiger partial charge in [0.15, 0.2) is 0 Å². The lowest BCUT2D eigenvalue weighted by molar-refractivity contribution is -0.122. The number of amides is 3. The van der Waals surface area contributed by atoms with Crippen LogP contribution in [-0.4, -0.2) is 28.9 Å². The molecule has 164 valence electrons. The zero-order valence-electron chi connectivity index (χ0n) is 17.8. The molecule has 0 unspecified atom stereocenters. The second kappa shape index (κ2) is 8.88. The zero-order chi connectivity index (χ0) is 22.8. The van der Waals surface area contributed by atoms with E-state index in [0.717, 1.165) is 11.4 Å². The van der Waals surface area contributed by atoms with Crippen LogP contribution in [0.5, 0.6) is 0 Å². The molecule has 32 heavy (non-hydrogen) atoms. The molecule has 3 aromatic rings. The van der Waals surface area contributed by atoms with Crippen LogP contribution in [0, 0.1) is 19.8 Å². The van der Waals surface area contributed by atoms with Gasteiger partial charge in [-0.1, -0.05) is 23.7 Å². The maximum Gasteiger partial charge on any atom is 0.270 e. The number of nitrogens with zero attached hydrogens (tertiary/aromatic N) is 2. The van der Waals surface area contributed by atoms with Crippen molar-refractivity contribution in [2.24, 2.45) is 5.92 Å². The maximum absolute atomic E-state index is 12.8. The highest BCUT2D eigenvalue weighted by Gasteiger charge is 2.35. The molecule has 2 aromatic carbocycles. The average molecular weight is 451 g/mol. The maximum atomic E-state index is 12.8. The van der Waals surface area contributed by atoms with Gasteiger partial charge in [0.05, 0.1) is 5.92 Å². The number of anilines is 2. The van der Waals surface area contributed by atoms with Crippen molar-refractivity contribution < 1.29 is 14.4 Å². The lowest BCUT2D eigenvalue weighted by Gasteiger charge is -2.17. The van der Waals surface area contributed by atoms with E-state index >= 15 is 0 Å². The van der Waals surface area contributed by atoms with Crippen LogP contribution in [-0.2, 0) is 9.59 Å². The Morgan fingerprint density at radius 3 is 2.44 bits per heavy atom. The first-order valence-electron chi connectivity index (χ1n) is 10.2. The first-order chi connectivity index (χ1) is 15.3. The second-order valence-electron chi connectivity index (χ2n) is 7.85. The summed E-state index contributed by atoms with van der Waals surface area (Å²) in [5.74, 6) is -1.17. The van der Waals surface area contributed by atoms with E-state index in [9.17, 15) is 14.4 Å². The Labute approximate surface area is 190 Å². The summed E-state index contributed by atoms with van der Waals surface area (Å²) in [6, 6.07) is 17.6. The number of carbonyl (C=O) groups is 3. The van der Waals surface area contributed by atoms with Crippen molar-refractivity contribution in [3.63, 3.8) is 0 Å². The molecule has 0 aliphatic carbocycles. The van der Waals surface area contributed by atoms with Crippen molar-refractivity contribution >= 4 is 40.7 Å². The Morgan fingerprint density at radius 1 is 1.00 bits per heavy atom. The summed E-state index contributed by atoms with van der Waals surface area (Å²) in [5, 5.41) is 3.37. The largest absolute Gasteiger partial charge is 0.326 e. The van der Waals surface area contributed by atoms with Crippen LogP contribution >= 0.6 is 11.6 Å². The smallest absolute Gasteiger partial charge is 0.270 e. The summed E-state index contributed by atoms with van der Waals surface area (Å²) in [6.07, 6.45) is 0.116. The van der Waals surface area contributed by atoms with Crippen molar-refractivity contribution in [1.82, 2.24) is 4.68 Å². The molecule has 1 aromatic heterocycles. The summed E-state index contributed by atoms with van der Waals surface area (Å²) in [6.45, 7) is 4.08. The molecule has 1 aliphatic heterocycles. The number of halogens is 1. The summed E-state index contributed by atoms with van der Waals surface area (Å²) < 4.78 is 1.71. The molecule has 0 saturated carbocycles. The molecule has 0 spiro atoms. The number of nitrogens with one attached hydrogen (secondary N) is 2. The van der Waals surface area contributed by atoms with Crippen LogP contribution in [0.3, 0.4) is 0 Å². The van der Waals surface area contributed by atoms with Gasteiger partial charge in [0.1, 0.15) is 0 Å². The minimum atomic E-state index is -0.496. The highest BCUT2D eigenvalue weighted by Crippen LogP contribution is 2.28. The van der Waals surface area contributed by atoms with Gasteiger partial charge in [-0.2, -0.15) is 0 Å². The van der Waals surface area contributed by atoms with E-state index in [4.69, 9.17) is 11.6 Å². The van der Waals surface area contributed by atoms with Crippen LogP contribution < -0.4 is 15.6 Å². The molecule has 2 heterocycles. The second-order valence-corrected chi connectivity index (χ2v) is 8.28. The molecular formula is C24H23ClN4O3. The first kappa shape index (κ1) is 21.6. The Morgan fingerprint density at radius 2 is 1.72 bits per heavy atom. The van der Waals surface area contributed by atoms with E-state index in [1.807, 2.05) is 26.0 Å². The first-order valence-corrected chi connectivity index (χ1v) is 10.6. The van der Waals surface area contributed by atoms with Gasteiger partial charge >= 0.3 is 0 Å². The van der Waals surface area contributed by atoms with Crippen LogP contribution in [0.15, 0.2) is 60.7 Å². The normalized spacial score (nSPS) is 15.7. The average Bonchev–Trinajstić information content (AvgIpc) is 3.31. The molecule has 0 radical (unpaired) electrons. The monoisotopic (exact) mass is 450 g/mol. The van der Waals surface area contributed by atoms with Crippen LogP contribution in [0.25, 0.3) is 0 Å². The minimum absolute atomic E-state index is 0.116. The highest BCUT2D eigenvalue weighted by molar-refractivity contribution is 6.31. The molecule has 4 rings (SSSR count). The number of benzene rings is 2.